The van der Waals surface area contributed by atoms with Crippen LogP contribution in [0.25, 0.3) is 104 Å². The highest BCUT2D eigenvalue weighted by atomic mass is 32.1. The zero-order chi connectivity index (χ0) is 33.5. The van der Waals surface area contributed by atoms with E-state index in [0.29, 0.717) is 17.5 Å². The van der Waals surface area contributed by atoms with Gasteiger partial charge in [-0.2, -0.15) is 0 Å². The summed E-state index contributed by atoms with van der Waals surface area (Å²) in [7, 11) is 0. The molecule has 0 atom stereocenters. The van der Waals surface area contributed by atoms with Gasteiger partial charge in [0.1, 0.15) is 11.2 Å². The molecule has 0 unspecified atom stereocenters. The SMILES string of the molecule is c1ccc(-c2nc(-c3ccccc3)nc(-c3cccc4oc5cc(-n6c7ccccc7c7c8c(ccc76)sc6ccccc68)ccc5c34)n2)cc1. The largest absolute Gasteiger partial charge is 0.456 e. The average molecular weight is 671 g/mol. The van der Waals surface area contributed by atoms with Crippen molar-refractivity contribution in [3.05, 3.63) is 158 Å². The first-order valence-electron chi connectivity index (χ1n) is 16.9. The van der Waals surface area contributed by atoms with Gasteiger partial charge in [-0.3, -0.25) is 0 Å². The lowest BCUT2D eigenvalue weighted by Crippen LogP contribution is -2.00. The molecule has 0 saturated carbocycles. The van der Waals surface area contributed by atoms with Gasteiger partial charge in [-0.25, -0.2) is 15.0 Å². The molecule has 4 aromatic heterocycles. The summed E-state index contributed by atoms with van der Waals surface area (Å²) >= 11 is 1.85. The fourth-order valence-electron chi connectivity index (χ4n) is 7.62. The molecule has 4 heterocycles. The average Bonchev–Trinajstić information content (AvgIpc) is 3.87. The Balaban J connectivity index is 1.13. The molecule has 0 N–H and O–H groups in total. The summed E-state index contributed by atoms with van der Waals surface area (Å²) in [5.41, 5.74) is 7.76. The number of thiophene rings is 1. The lowest BCUT2D eigenvalue weighted by molar-refractivity contribution is 0.668. The summed E-state index contributed by atoms with van der Waals surface area (Å²) in [5, 5.41) is 7.14. The van der Waals surface area contributed by atoms with Crippen molar-refractivity contribution in [1.82, 2.24) is 19.5 Å². The second-order valence-electron chi connectivity index (χ2n) is 12.8. The van der Waals surface area contributed by atoms with Crippen LogP contribution in [0.2, 0.25) is 0 Å². The van der Waals surface area contributed by atoms with Crippen molar-refractivity contribution in [2.75, 3.05) is 0 Å². The molecule has 0 aliphatic rings. The molecule has 0 amide bonds. The van der Waals surface area contributed by atoms with E-state index in [4.69, 9.17) is 19.4 Å². The number of fused-ring (bicyclic) bond motifs is 10. The molecule has 51 heavy (non-hydrogen) atoms. The standard InChI is InChI=1S/C45H26N4OS/c1-3-12-27(13-4-1)43-46-44(28-14-5-2-6-15-28)48-45(47-43)33-18-11-20-36-40(33)31-23-22-29(26-37(31)50-36)49-34-19-9-7-16-30(34)41-35(49)24-25-39-42(41)32-17-8-10-21-38(32)51-39/h1-26H. The fraction of sp³-hybridized carbons (Fsp3) is 0. The molecule has 7 aromatic carbocycles. The van der Waals surface area contributed by atoms with Crippen LogP contribution in [0.15, 0.2) is 162 Å². The van der Waals surface area contributed by atoms with Gasteiger partial charge in [0.05, 0.1) is 11.0 Å². The van der Waals surface area contributed by atoms with Crippen molar-refractivity contribution in [1.29, 1.82) is 0 Å². The van der Waals surface area contributed by atoms with Crippen molar-refractivity contribution in [3.63, 3.8) is 0 Å². The number of rotatable bonds is 4. The molecule has 0 aliphatic heterocycles. The highest BCUT2D eigenvalue weighted by Crippen LogP contribution is 2.44. The maximum absolute atomic E-state index is 6.64. The predicted molar refractivity (Wildman–Crippen MR) is 211 cm³/mol. The Bertz CT molecular complexity index is 3080. The number of para-hydroxylation sites is 1. The first-order chi connectivity index (χ1) is 25.3. The van der Waals surface area contributed by atoms with E-state index >= 15 is 0 Å². The van der Waals surface area contributed by atoms with Crippen LogP contribution >= 0.6 is 11.3 Å². The van der Waals surface area contributed by atoms with E-state index in [1.165, 1.54) is 42.0 Å². The Hall–Kier alpha value is -6.63. The minimum Gasteiger partial charge on any atom is -0.456 e. The minimum absolute atomic E-state index is 0.606. The van der Waals surface area contributed by atoms with E-state index in [0.717, 1.165) is 44.3 Å². The molecule has 0 bridgehead atoms. The van der Waals surface area contributed by atoms with Crippen molar-refractivity contribution in [3.8, 4) is 39.9 Å². The second kappa shape index (κ2) is 10.9. The number of aromatic nitrogens is 4. The van der Waals surface area contributed by atoms with E-state index in [2.05, 4.69) is 89.5 Å². The number of furan rings is 1. The summed E-state index contributed by atoms with van der Waals surface area (Å²) in [6, 6.07) is 54.8. The van der Waals surface area contributed by atoms with Crippen LogP contribution in [0.3, 0.4) is 0 Å². The van der Waals surface area contributed by atoms with E-state index in [-0.39, 0.29) is 0 Å². The number of hydrogen-bond acceptors (Lipinski definition) is 5. The van der Waals surface area contributed by atoms with Gasteiger partial charge < -0.3 is 8.98 Å². The Morgan fingerprint density at radius 1 is 0.431 bits per heavy atom. The Morgan fingerprint density at radius 2 is 1.12 bits per heavy atom. The van der Waals surface area contributed by atoms with E-state index in [1.807, 2.05) is 84.1 Å². The van der Waals surface area contributed by atoms with Gasteiger partial charge >= 0.3 is 0 Å². The lowest BCUT2D eigenvalue weighted by atomic mass is 10.0. The van der Waals surface area contributed by atoms with Gasteiger partial charge in [-0.15, -0.1) is 11.3 Å². The van der Waals surface area contributed by atoms with E-state index in [1.54, 1.807) is 0 Å². The number of benzene rings is 7. The summed E-state index contributed by atoms with van der Waals surface area (Å²) in [5.74, 6) is 1.87. The zero-order valence-electron chi connectivity index (χ0n) is 27.1. The first-order valence-corrected chi connectivity index (χ1v) is 17.8. The minimum atomic E-state index is 0.606. The summed E-state index contributed by atoms with van der Waals surface area (Å²) in [6.07, 6.45) is 0. The zero-order valence-corrected chi connectivity index (χ0v) is 27.9. The molecular weight excluding hydrogens is 645 g/mol. The third-order valence-electron chi connectivity index (χ3n) is 9.86. The summed E-state index contributed by atoms with van der Waals surface area (Å²) < 4.78 is 11.6. The molecule has 238 valence electrons. The molecule has 6 heteroatoms. The van der Waals surface area contributed by atoms with Gasteiger partial charge in [0.15, 0.2) is 17.5 Å². The van der Waals surface area contributed by atoms with Crippen molar-refractivity contribution < 1.29 is 4.42 Å². The maximum Gasteiger partial charge on any atom is 0.164 e. The normalized spacial score (nSPS) is 11.9. The predicted octanol–water partition coefficient (Wildman–Crippen LogP) is 12.2. The molecule has 11 aromatic rings. The molecular formula is C45H26N4OS. The van der Waals surface area contributed by atoms with Gasteiger partial charge in [0.2, 0.25) is 0 Å². The topological polar surface area (TPSA) is 56.7 Å². The van der Waals surface area contributed by atoms with Crippen LogP contribution in [0, 0.1) is 0 Å². The summed E-state index contributed by atoms with van der Waals surface area (Å²) in [4.78, 5) is 15.0. The molecule has 5 nitrogen and oxygen atoms in total. The van der Waals surface area contributed by atoms with Crippen LogP contribution in [0.1, 0.15) is 0 Å². The van der Waals surface area contributed by atoms with Crippen LogP contribution < -0.4 is 0 Å². The molecule has 0 aliphatic carbocycles. The Morgan fingerprint density at radius 3 is 1.90 bits per heavy atom. The smallest absolute Gasteiger partial charge is 0.164 e. The Kier molecular flexibility index (Phi) is 6.05. The van der Waals surface area contributed by atoms with Gasteiger partial charge in [-0.1, -0.05) is 109 Å². The van der Waals surface area contributed by atoms with Gasteiger partial charge in [-0.05, 0) is 42.5 Å². The molecule has 11 rings (SSSR count). The van der Waals surface area contributed by atoms with Crippen LogP contribution in [-0.2, 0) is 0 Å². The summed E-state index contributed by atoms with van der Waals surface area (Å²) in [6.45, 7) is 0. The first kappa shape index (κ1) is 28.2. The molecule has 0 fully saturated rings. The Labute approximate surface area is 295 Å². The highest BCUT2D eigenvalue weighted by molar-refractivity contribution is 7.26. The highest BCUT2D eigenvalue weighted by Gasteiger charge is 2.21. The van der Waals surface area contributed by atoms with Gasteiger partial charge in [0, 0.05) is 70.2 Å². The molecule has 0 saturated heterocycles. The van der Waals surface area contributed by atoms with Crippen molar-refractivity contribution >= 4 is 75.3 Å². The number of hydrogen-bond donors (Lipinski definition) is 0. The van der Waals surface area contributed by atoms with Crippen LogP contribution in [0.5, 0.6) is 0 Å². The number of nitrogens with zero attached hydrogens (tertiary/aromatic N) is 4. The quantitative estimate of drug-likeness (QED) is 0.187. The second-order valence-corrected chi connectivity index (χ2v) is 13.9. The van der Waals surface area contributed by atoms with E-state index in [9.17, 15) is 0 Å². The van der Waals surface area contributed by atoms with Gasteiger partial charge in [0.25, 0.3) is 0 Å². The lowest BCUT2D eigenvalue weighted by Gasteiger charge is -2.09. The molecule has 0 spiro atoms. The van der Waals surface area contributed by atoms with E-state index < -0.39 is 0 Å². The molecule has 0 radical (unpaired) electrons. The third-order valence-corrected chi connectivity index (χ3v) is 11.0. The van der Waals surface area contributed by atoms with Crippen LogP contribution in [0.4, 0.5) is 0 Å². The van der Waals surface area contributed by atoms with Crippen molar-refractivity contribution in [2.24, 2.45) is 0 Å². The third kappa shape index (κ3) is 4.30. The maximum atomic E-state index is 6.64. The van der Waals surface area contributed by atoms with Crippen molar-refractivity contribution in [2.45, 2.75) is 0 Å². The monoisotopic (exact) mass is 670 g/mol. The fourth-order valence-corrected chi connectivity index (χ4v) is 8.74. The van der Waals surface area contributed by atoms with Crippen LogP contribution in [-0.4, -0.2) is 19.5 Å².